The van der Waals surface area contributed by atoms with E-state index in [1.54, 1.807) is 13.8 Å². The van der Waals surface area contributed by atoms with Crippen molar-refractivity contribution in [2.75, 3.05) is 25.0 Å². The summed E-state index contributed by atoms with van der Waals surface area (Å²) >= 11 is 5.98. The lowest BCUT2D eigenvalue weighted by Crippen LogP contribution is -2.30. The number of anilines is 1. The molecule has 7 nitrogen and oxygen atoms in total. The van der Waals surface area contributed by atoms with Crippen molar-refractivity contribution in [3.05, 3.63) is 58.6 Å². The number of halogens is 4. The van der Waals surface area contributed by atoms with Gasteiger partial charge in [-0.2, -0.15) is 17.5 Å². The van der Waals surface area contributed by atoms with E-state index in [4.69, 9.17) is 16.3 Å². The standard InChI is InChI=1S/C20H20ClF3N2O5S/c1-3-26(4-2)32(29,30)15-9-10-17(21)16(11-15)19(28)31-12-18(27)25-14-7-5-13(6-8-14)20(22,23)24/h5-11H,3-4,12H2,1-2H3,(H,25,27). The van der Waals surface area contributed by atoms with Gasteiger partial charge in [-0.1, -0.05) is 25.4 Å². The number of carbonyl (C=O) groups excluding carboxylic acids is 2. The number of benzene rings is 2. The Hall–Kier alpha value is -2.63. The molecule has 2 rings (SSSR count). The lowest BCUT2D eigenvalue weighted by atomic mass is 10.2. The maximum Gasteiger partial charge on any atom is 0.416 e. The van der Waals surface area contributed by atoms with Crippen LogP contribution in [0.15, 0.2) is 47.4 Å². The Morgan fingerprint density at radius 1 is 1.06 bits per heavy atom. The van der Waals surface area contributed by atoms with E-state index in [1.807, 2.05) is 0 Å². The van der Waals surface area contributed by atoms with Crippen molar-refractivity contribution in [1.82, 2.24) is 4.31 Å². The highest BCUT2D eigenvalue weighted by Crippen LogP contribution is 2.30. The molecule has 0 aliphatic rings. The van der Waals surface area contributed by atoms with Crippen LogP contribution in [-0.4, -0.2) is 44.3 Å². The van der Waals surface area contributed by atoms with E-state index >= 15 is 0 Å². The quantitative estimate of drug-likeness (QED) is 0.558. The predicted octanol–water partition coefficient (Wildman–Crippen LogP) is 4.18. The van der Waals surface area contributed by atoms with Gasteiger partial charge in [-0.05, 0) is 42.5 Å². The third kappa shape index (κ3) is 6.21. The Balaban J connectivity index is 2.07. The first kappa shape index (κ1) is 25.6. The molecular formula is C20H20ClF3N2O5S. The molecule has 0 heterocycles. The summed E-state index contributed by atoms with van der Waals surface area (Å²) in [6.07, 6.45) is -4.51. The topological polar surface area (TPSA) is 92.8 Å². The van der Waals surface area contributed by atoms with E-state index in [2.05, 4.69) is 5.32 Å². The Labute approximate surface area is 188 Å². The number of esters is 1. The molecule has 32 heavy (non-hydrogen) atoms. The number of nitrogens with zero attached hydrogens (tertiary/aromatic N) is 1. The van der Waals surface area contributed by atoms with Gasteiger partial charge in [0.05, 0.1) is 21.0 Å². The van der Waals surface area contributed by atoms with Gasteiger partial charge < -0.3 is 10.1 Å². The van der Waals surface area contributed by atoms with Gasteiger partial charge in [0.15, 0.2) is 6.61 Å². The van der Waals surface area contributed by atoms with Gasteiger partial charge in [0.25, 0.3) is 5.91 Å². The van der Waals surface area contributed by atoms with Gasteiger partial charge in [-0.3, -0.25) is 4.79 Å². The minimum Gasteiger partial charge on any atom is -0.452 e. The van der Waals surface area contributed by atoms with E-state index in [-0.39, 0.29) is 34.3 Å². The molecule has 0 fully saturated rings. The first-order valence-electron chi connectivity index (χ1n) is 9.34. The monoisotopic (exact) mass is 492 g/mol. The lowest BCUT2D eigenvalue weighted by molar-refractivity contribution is -0.137. The number of hydrogen-bond acceptors (Lipinski definition) is 5. The molecule has 0 atom stereocenters. The second-order valence-electron chi connectivity index (χ2n) is 6.43. The summed E-state index contributed by atoms with van der Waals surface area (Å²) in [5, 5.41) is 2.22. The van der Waals surface area contributed by atoms with Crippen LogP contribution in [0.25, 0.3) is 0 Å². The Morgan fingerprint density at radius 3 is 2.19 bits per heavy atom. The molecule has 0 radical (unpaired) electrons. The lowest BCUT2D eigenvalue weighted by Gasteiger charge is -2.19. The van der Waals surface area contributed by atoms with Crippen LogP contribution in [0.1, 0.15) is 29.8 Å². The Kier molecular flexibility index (Phi) is 8.27. The third-order valence-corrected chi connectivity index (χ3v) is 6.71. The molecule has 0 aromatic heterocycles. The fourth-order valence-electron chi connectivity index (χ4n) is 2.68. The fourth-order valence-corrected chi connectivity index (χ4v) is 4.36. The molecule has 0 aliphatic carbocycles. The highest BCUT2D eigenvalue weighted by molar-refractivity contribution is 7.89. The Bertz CT molecular complexity index is 1090. The molecular weight excluding hydrogens is 473 g/mol. The fraction of sp³-hybridized carbons (Fsp3) is 0.300. The number of hydrogen-bond donors (Lipinski definition) is 1. The van der Waals surface area contributed by atoms with Crippen LogP contribution < -0.4 is 5.32 Å². The SMILES string of the molecule is CCN(CC)S(=O)(=O)c1ccc(Cl)c(C(=O)OCC(=O)Nc2ccc(C(F)(F)F)cc2)c1. The van der Waals surface area contributed by atoms with E-state index in [1.165, 1.54) is 16.4 Å². The van der Waals surface area contributed by atoms with Crippen molar-refractivity contribution in [3.8, 4) is 0 Å². The van der Waals surface area contributed by atoms with Crippen molar-refractivity contribution in [2.24, 2.45) is 0 Å². The first-order chi connectivity index (χ1) is 14.9. The van der Waals surface area contributed by atoms with Crippen LogP contribution in [0.4, 0.5) is 18.9 Å². The second-order valence-corrected chi connectivity index (χ2v) is 8.78. The zero-order valence-electron chi connectivity index (χ0n) is 17.1. The zero-order valence-corrected chi connectivity index (χ0v) is 18.6. The maximum absolute atomic E-state index is 12.6. The molecule has 0 saturated heterocycles. The van der Waals surface area contributed by atoms with E-state index in [0.717, 1.165) is 30.3 Å². The van der Waals surface area contributed by atoms with Crippen LogP contribution in [0.3, 0.4) is 0 Å². The minimum absolute atomic E-state index is 0.0726. The third-order valence-electron chi connectivity index (χ3n) is 4.33. The largest absolute Gasteiger partial charge is 0.452 e. The molecule has 0 aliphatic heterocycles. The summed E-state index contributed by atoms with van der Waals surface area (Å²) in [4.78, 5) is 24.1. The number of nitrogens with one attached hydrogen (secondary N) is 1. The predicted molar refractivity (Wildman–Crippen MR) is 112 cm³/mol. The van der Waals surface area contributed by atoms with Crippen LogP contribution in [0.5, 0.6) is 0 Å². The summed E-state index contributed by atoms with van der Waals surface area (Å²) in [7, 11) is -3.85. The molecule has 0 bridgehead atoms. The van der Waals surface area contributed by atoms with Crippen molar-refractivity contribution in [3.63, 3.8) is 0 Å². The summed E-state index contributed by atoms with van der Waals surface area (Å²) in [5.41, 5.74) is -1.05. The molecule has 0 saturated carbocycles. The number of carbonyl (C=O) groups is 2. The maximum atomic E-state index is 12.6. The minimum atomic E-state index is -4.51. The second kappa shape index (κ2) is 10.3. The number of amides is 1. The highest BCUT2D eigenvalue weighted by atomic mass is 35.5. The van der Waals surface area contributed by atoms with E-state index in [9.17, 15) is 31.2 Å². The van der Waals surface area contributed by atoms with Crippen LogP contribution >= 0.6 is 11.6 Å². The van der Waals surface area contributed by atoms with Crippen molar-refractivity contribution in [1.29, 1.82) is 0 Å². The summed E-state index contributed by atoms with van der Waals surface area (Å²) in [5.74, 6) is -1.84. The number of ether oxygens (including phenoxy) is 1. The normalized spacial score (nSPS) is 12.0. The van der Waals surface area contributed by atoms with Gasteiger partial charge in [0.2, 0.25) is 10.0 Å². The molecule has 0 spiro atoms. The first-order valence-corrected chi connectivity index (χ1v) is 11.2. The number of sulfonamides is 1. The number of alkyl halides is 3. The van der Waals surface area contributed by atoms with Crippen molar-refractivity contribution in [2.45, 2.75) is 24.9 Å². The summed E-state index contributed by atoms with van der Waals surface area (Å²) in [6.45, 7) is 3.03. The van der Waals surface area contributed by atoms with Gasteiger partial charge in [0.1, 0.15) is 0 Å². The van der Waals surface area contributed by atoms with E-state index in [0.29, 0.717) is 0 Å². The van der Waals surface area contributed by atoms with Crippen LogP contribution in [0.2, 0.25) is 5.02 Å². The zero-order chi connectivity index (χ0) is 24.1. The van der Waals surface area contributed by atoms with Gasteiger partial charge >= 0.3 is 12.1 Å². The molecule has 1 N–H and O–H groups in total. The average Bonchev–Trinajstić information content (AvgIpc) is 2.72. The van der Waals surface area contributed by atoms with Gasteiger partial charge in [-0.25, -0.2) is 13.2 Å². The average molecular weight is 493 g/mol. The Morgan fingerprint density at radius 2 is 1.66 bits per heavy atom. The molecule has 2 aromatic rings. The van der Waals surface area contributed by atoms with Crippen molar-refractivity contribution >= 4 is 39.2 Å². The molecule has 1 amide bonds. The summed E-state index contributed by atoms with van der Waals surface area (Å²) in [6, 6.07) is 7.25. The van der Waals surface area contributed by atoms with Crippen molar-refractivity contribution < 1.29 is 35.9 Å². The number of rotatable bonds is 8. The smallest absolute Gasteiger partial charge is 0.416 e. The van der Waals surface area contributed by atoms with Crippen LogP contribution in [-0.2, 0) is 25.7 Å². The molecule has 0 unspecified atom stereocenters. The molecule has 12 heteroatoms. The van der Waals surface area contributed by atoms with Crippen LogP contribution in [0, 0.1) is 0 Å². The van der Waals surface area contributed by atoms with E-state index < -0.39 is 40.2 Å². The van der Waals surface area contributed by atoms with Gasteiger partial charge in [-0.15, -0.1) is 0 Å². The molecule has 174 valence electrons. The summed E-state index contributed by atoms with van der Waals surface area (Å²) < 4.78 is 69.1. The molecule has 2 aromatic carbocycles. The van der Waals surface area contributed by atoms with Gasteiger partial charge in [0, 0.05) is 18.8 Å². The highest BCUT2D eigenvalue weighted by Gasteiger charge is 2.30.